The van der Waals surface area contributed by atoms with Crippen molar-refractivity contribution >= 4 is 17.3 Å². The Labute approximate surface area is 125 Å². The van der Waals surface area contributed by atoms with Gasteiger partial charge in [-0.2, -0.15) is 8.78 Å². The molecule has 2 aromatic rings. The molecule has 0 aliphatic carbocycles. The van der Waals surface area contributed by atoms with Crippen LogP contribution >= 0.6 is 11.3 Å². The van der Waals surface area contributed by atoms with Crippen LogP contribution in [-0.4, -0.2) is 27.5 Å². The normalized spacial score (nSPS) is 12.0. The predicted molar refractivity (Wildman–Crippen MR) is 77.4 cm³/mol. The second kappa shape index (κ2) is 7.11. The molecule has 0 spiro atoms. The van der Waals surface area contributed by atoms with Gasteiger partial charge in [-0.25, -0.2) is 9.97 Å². The first-order chi connectivity index (χ1) is 10.1. The SMILES string of the molecule is CN=C(NCc1ncc(C)s1)NCc1nccn1C(F)F. The van der Waals surface area contributed by atoms with Crippen LogP contribution in [0.4, 0.5) is 8.78 Å². The summed E-state index contributed by atoms with van der Waals surface area (Å²) in [5.41, 5.74) is 0. The van der Waals surface area contributed by atoms with Crippen molar-refractivity contribution in [2.75, 3.05) is 7.05 Å². The molecule has 2 rings (SSSR count). The van der Waals surface area contributed by atoms with Gasteiger partial charge in [0, 0.05) is 30.5 Å². The molecule has 0 unspecified atom stereocenters. The van der Waals surface area contributed by atoms with E-state index in [2.05, 4.69) is 25.6 Å². The van der Waals surface area contributed by atoms with Gasteiger partial charge in [0.15, 0.2) is 5.96 Å². The molecule has 2 heterocycles. The quantitative estimate of drug-likeness (QED) is 0.653. The van der Waals surface area contributed by atoms with E-state index in [4.69, 9.17) is 0 Å². The molecular weight excluding hydrogens is 298 g/mol. The highest BCUT2D eigenvalue weighted by Crippen LogP contribution is 2.12. The number of halogens is 2. The molecule has 2 aromatic heterocycles. The number of imidazole rings is 1. The van der Waals surface area contributed by atoms with Crippen LogP contribution in [0.15, 0.2) is 23.6 Å². The maximum atomic E-state index is 12.7. The minimum absolute atomic E-state index is 0.161. The average molecular weight is 314 g/mol. The molecule has 114 valence electrons. The number of hydrogen-bond acceptors (Lipinski definition) is 4. The third-order valence-corrected chi connectivity index (χ3v) is 3.59. The fourth-order valence-electron chi connectivity index (χ4n) is 1.68. The lowest BCUT2D eigenvalue weighted by atomic mass is 10.5. The van der Waals surface area contributed by atoms with Gasteiger partial charge in [-0.05, 0) is 6.92 Å². The standard InChI is InChI=1S/C12H16F2N6S/c1-8-5-17-10(21-8)7-19-12(15-2)18-6-9-16-3-4-20(9)11(13)14/h3-5,11H,6-7H2,1-2H3,(H2,15,18,19). The van der Waals surface area contributed by atoms with Crippen molar-refractivity contribution in [2.45, 2.75) is 26.6 Å². The van der Waals surface area contributed by atoms with Gasteiger partial charge in [0.2, 0.25) is 0 Å². The number of alkyl halides is 2. The molecule has 0 atom stereocenters. The van der Waals surface area contributed by atoms with Crippen molar-refractivity contribution in [2.24, 2.45) is 4.99 Å². The second-order valence-electron chi connectivity index (χ2n) is 4.17. The number of thiazole rings is 1. The van der Waals surface area contributed by atoms with Gasteiger partial charge in [-0.1, -0.05) is 0 Å². The van der Waals surface area contributed by atoms with Crippen LogP contribution < -0.4 is 10.6 Å². The number of nitrogens with zero attached hydrogens (tertiary/aromatic N) is 4. The van der Waals surface area contributed by atoms with E-state index >= 15 is 0 Å². The third kappa shape index (κ3) is 4.22. The van der Waals surface area contributed by atoms with E-state index in [1.807, 2.05) is 6.92 Å². The molecule has 0 amide bonds. The summed E-state index contributed by atoms with van der Waals surface area (Å²) >= 11 is 1.59. The second-order valence-corrected chi connectivity index (χ2v) is 5.49. The number of aliphatic imine (C=N–C) groups is 1. The van der Waals surface area contributed by atoms with E-state index in [9.17, 15) is 8.78 Å². The molecular formula is C12H16F2N6S. The Hall–Kier alpha value is -2.03. The lowest BCUT2D eigenvalue weighted by molar-refractivity contribution is 0.0668. The zero-order chi connectivity index (χ0) is 15.2. The molecule has 0 fully saturated rings. The van der Waals surface area contributed by atoms with Crippen molar-refractivity contribution in [3.8, 4) is 0 Å². The summed E-state index contributed by atoms with van der Waals surface area (Å²) < 4.78 is 26.2. The van der Waals surface area contributed by atoms with Crippen molar-refractivity contribution in [1.29, 1.82) is 0 Å². The molecule has 21 heavy (non-hydrogen) atoms. The van der Waals surface area contributed by atoms with Crippen LogP contribution in [0, 0.1) is 6.92 Å². The largest absolute Gasteiger partial charge is 0.350 e. The van der Waals surface area contributed by atoms with Crippen LogP contribution in [0.25, 0.3) is 0 Å². The number of hydrogen-bond donors (Lipinski definition) is 2. The lowest BCUT2D eigenvalue weighted by Crippen LogP contribution is -2.37. The van der Waals surface area contributed by atoms with E-state index in [0.29, 0.717) is 12.5 Å². The molecule has 0 saturated carbocycles. The predicted octanol–water partition coefficient (Wildman–Crippen LogP) is 1.91. The van der Waals surface area contributed by atoms with Gasteiger partial charge in [-0.15, -0.1) is 11.3 Å². The first-order valence-corrected chi connectivity index (χ1v) is 7.07. The first-order valence-electron chi connectivity index (χ1n) is 6.26. The number of aryl methyl sites for hydroxylation is 1. The van der Waals surface area contributed by atoms with E-state index in [1.165, 1.54) is 12.4 Å². The summed E-state index contributed by atoms with van der Waals surface area (Å²) in [7, 11) is 1.61. The summed E-state index contributed by atoms with van der Waals surface area (Å²) in [6, 6.07) is 0. The third-order valence-electron chi connectivity index (χ3n) is 2.67. The van der Waals surface area contributed by atoms with Crippen molar-refractivity contribution < 1.29 is 8.78 Å². The van der Waals surface area contributed by atoms with Gasteiger partial charge in [-0.3, -0.25) is 9.56 Å². The zero-order valence-electron chi connectivity index (χ0n) is 11.7. The Morgan fingerprint density at radius 3 is 2.76 bits per heavy atom. The number of nitrogens with one attached hydrogen (secondary N) is 2. The first kappa shape index (κ1) is 15.4. The molecule has 6 nitrogen and oxygen atoms in total. The summed E-state index contributed by atoms with van der Waals surface area (Å²) in [5, 5.41) is 6.95. The summed E-state index contributed by atoms with van der Waals surface area (Å²) in [6.07, 6.45) is 4.39. The smallest absolute Gasteiger partial charge is 0.319 e. The molecule has 2 N–H and O–H groups in total. The monoisotopic (exact) mass is 314 g/mol. The lowest BCUT2D eigenvalue weighted by Gasteiger charge is -2.11. The van der Waals surface area contributed by atoms with Gasteiger partial charge >= 0.3 is 6.55 Å². The van der Waals surface area contributed by atoms with Crippen molar-refractivity contribution in [3.63, 3.8) is 0 Å². The van der Waals surface area contributed by atoms with Gasteiger partial charge in [0.1, 0.15) is 10.8 Å². The Morgan fingerprint density at radius 1 is 1.38 bits per heavy atom. The van der Waals surface area contributed by atoms with Crippen LogP contribution in [-0.2, 0) is 13.1 Å². The van der Waals surface area contributed by atoms with Crippen LogP contribution in [0.5, 0.6) is 0 Å². The van der Waals surface area contributed by atoms with Gasteiger partial charge in [0.25, 0.3) is 0 Å². The summed E-state index contributed by atoms with van der Waals surface area (Å²) in [6.45, 7) is 0.0749. The average Bonchev–Trinajstić information content (AvgIpc) is 3.08. The highest BCUT2D eigenvalue weighted by atomic mass is 32.1. The minimum Gasteiger partial charge on any atom is -0.350 e. The Bertz CT molecular complexity index is 606. The molecule has 0 saturated heterocycles. The maximum absolute atomic E-state index is 12.7. The van der Waals surface area contributed by atoms with E-state index < -0.39 is 6.55 Å². The summed E-state index contributed by atoms with van der Waals surface area (Å²) in [5.74, 6) is 0.754. The fraction of sp³-hybridized carbons (Fsp3) is 0.417. The topological polar surface area (TPSA) is 67.1 Å². The van der Waals surface area contributed by atoms with Crippen LogP contribution in [0.2, 0.25) is 0 Å². The molecule has 0 aliphatic rings. The van der Waals surface area contributed by atoms with E-state index in [-0.39, 0.29) is 12.4 Å². The van der Waals surface area contributed by atoms with Crippen LogP contribution in [0.3, 0.4) is 0 Å². The van der Waals surface area contributed by atoms with Crippen molar-refractivity contribution in [3.05, 3.63) is 34.3 Å². The van der Waals surface area contributed by atoms with E-state index in [0.717, 1.165) is 14.5 Å². The number of rotatable bonds is 5. The van der Waals surface area contributed by atoms with Crippen molar-refractivity contribution in [1.82, 2.24) is 25.2 Å². The zero-order valence-corrected chi connectivity index (χ0v) is 12.5. The number of aromatic nitrogens is 3. The van der Waals surface area contributed by atoms with E-state index in [1.54, 1.807) is 24.6 Å². The Kier molecular flexibility index (Phi) is 5.20. The molecule has 0 bridgehead atoms. The van der Waals surface area contributed by atoms with Crippen LogP contribution in [0.1, 0.15) is 22.3 Å². The summed E-state index contributed by atoms with van der Waals surface area (Å²) in [4.78, 5) is 13.3. The molecule has 9 heteroatoms. The Balaban J connectivity index is 1.86. The molecule has 0 radical (unpaired) electrons. The fourth-order valence-corrected chi connectivity index (χ4v) is 2.41. The molecule has 0 aromatic carbocycles. The molecule has 0 aliphatic heterocycles. The maximum Gasteiger partial charge on any atom is 0.319 e. The van der Waals surface area contributed by atoms with Gasteiger partial charge in [0.05, 0.1) is 13.1 Å². The highest BCUT2D eigenvalue weighted by molar-refractivity contribution is 7.11. The number of guanidine groups is 1. The Morgan fingerprint density at radius 2 is 2.14 bits per heavy atom. The van der Waals surface area contributed by atoms with Gasteiger partial charge < -0.3 is 10.6 Å². The minimum atomic E-state index is -2.60. The highest BCUT2D eigenvalue weighted by Gasteiger charge is 2.11.